The zero-order valence-corrected chi connectivity index (χ0v) is 15.6. The predicted molar refractivity (Wildman–Crippen MR) is 101 cm³/mol. The van der Waals surface area contributed by atoms with Crippen molar-refractivity contribution in [3.05, 3.63) is 59.9 Å². The van der Waals surface area contributed by atoms with E-state index >= 15 is 0 Å². The van der Waals surface area contributed by atoms with E-state index in [0.717, 1.165) is 11.3 Å². The lowest BCUT2D eigenvalue weighted by Gasteiger charge is -2.19. The topological polar surface area (TPSA) is 51.2 Å². The Labute approximate surface area is 150 Å². The monoisotopic (exact) mass is 340 g/mol. The summed E-state index contributed by atoms with van der Waals surface area (Å²) in [5, 5.41) is 2.91. The van der Waals surface area contributed by atoms with E-state index in [1.54, 1.807) is 6.20 Å². The Morgan fingerprint density at radius 2 is 2.04 bits per heavy atom. The van der Waals surface area contributed by atoms with E-state index in [0.29, 0.717) is 19.6 Å². The molecule has 1 amide bonds. The first kappa shape index (κ1) is 19.0. The van der Waals surface area contributed by atoms with Crippen LogP contribution in [0.15, 0.2) is 48.8 Å². The molecule has 0 aliphatic carbocycles. The maximum Gasteiger partial charge on any atom is 0.220 e. The lowest BCUT2D eigenvalue weighted by atomic mass is 9.87. The van der Waals surface area contributed by atoms with Crippen LogP contribution in [0.1, 0.15) is 51.2 Å². The number of amides is 1. The van der Waals surface area contributed by atoms with E-state index in [4.69, 9.17) is 4.74 Å². The maximum absolute atomic E-state index is 12.0. The van der Waals surface area contributed by atoms with Crippen LogP contribution in [0.4, 0.5) is 0 Å². The molecule has 1 N–H and O–H groups in total. The number of nitrogens with one attached hydrogen (secondary N) is 1. The minimum Gasteiger partial charge on any atom is -0.492 e. The number of nitrogens with zero attached hydrogens (tertiary/aromatic N) is 1. The average molecular weight is 340 g/mol. The summed E-state index contributed by atoms with van der Waals surface area (Å²) in [5.74, 6) is 1.02. The van der Waals surface area contributed by atoms with E-state index in [2.05, 4.69) is 43.2 Å². The molecular formula is C21H28N2O2. The lowest BCUT2D eigenvalue weighted by molar-refractivity contribution is -0.121. The molecule has 0 saturated carbocycles. The molecule has 25 heavy (non-hydrogen) atoms. The summed E-state index contributed by atoms with van der Waals surface area (Å²) in [4.78, 5) is 16.1. The van der Waals surface area contributed by atoms with Crippen molar-refractivity contribution in [1.29, 1.82) is 0 Å². The number of carbonyl (C=O) groups is 1. The third-order valence-corrected chi connectivity index (χ3v) is 4.14. The molecule has 1 aromatic heterocycles. The number of hydrogen-bond donors (Lipinski definition) is 1. The van der Waals surface area contributed by atoms with Gasteiger partial charge in [0.1, 0.15) is 12.4 Å². The highest BCUT2D eigenvalue weighted by Gasteiger charge is 2.14. The largest absolute Gasteiger partial charge is 0.492 e. The summed E-state index contributed by atoms with van der Waals surface area (Å²) in [6.45, 7) is 9.52. The fraction of sp³-hybridized carbons (Fsp3) is 0.429. The van der Waals surface area contributed by atoms with Gasteiger partial charge < -0.3 is 10.1 Å². The summed E-state index contributed by atoms with van der Waals surface area (Å²) in [6, 6.07) is 12.0. The van der Waals surface area contributed by atoms with Gasteiger partial charge in [-0.25, -0.2) is 0 Å². The van der Waals surface area contributed by atoms with Crippen LogP contribution in [0.2, 0.25) is 0 Å². The maximum atomic E-state index is 12.0. The number of benzene rings is 1. The van der Waals surface area contributed by atoms with Gasteiger partial charge in [-0.3, -0.25) is 9.78 Å². The normalized spacial score (nSPS) is 12.5. The minimum atomic E-state index is 0.0309. The zero-order valence-electron chi connectivity index (χ0n) is 15.6. The van der Waals surface area contributed by atoms with Crippen molar-refractivity contribution < 1.29 is 9.53 Å². The second kappa shape index (κ2) is 8.65. The molecule has 0 fully saturated rings. The molecule has 0 radical (unpaired) electrons. The van der Waals surface area contributed by atoms with Crippen molar-refractivity contribution in [1.82, 2.24) is 10.3 Å². The van der Waals surface area contributed by atoms with E-state index in [9.17, 15) is 4.79 Å². The quantitative estimate of drug-likeness (QED) is 0.773. The summed E-state index contributed by atoms with van der Waals surface area (Å²) < 4.78 is 5.76. The molecular weight excluding hydrogens is 312 g/mol. The van der Waals surface area contributed by atoms with Crippen LogP contribution >= 0.6 is 0 Å². The third kappa shape index (κ3) is 6.22. The summed E-state index contributed by atoms with van der Waals surface area (Å²) in [6.07, 6.45) is 4.00. The molecule has 2 aromatic rings. The van der Waals surface area contributed by atoms with Crippen LogP contribution in [0.25, 0.3) is 0 Å². The fourth-order valence-electron chi connectivity index (χ4n) is 2.55. The Bertz CT molecular complexity index is 678. The Balaban J connectivity index is 1.73. The van der Waals surface area contributed by atoms with Crippen LogP contribution in [0, 0.1) is 0 Å². The molecule has 0 spiro atoms. The molecule has 4 heteroatoms. The molecule has 1 unspecified atom stereocenters. The third-order valence-electron chi connectivity index (χ3n) is 4.14. The van der Waals surface area contributed by atoms with Gasteiger partial charge in [-0.15, -0.1) is 0 Å². The molecule has 0 bridgehead atoms. The number of carbonyl (C=O) groups excluding carboxylic acids is 1. The smallest absolute Gasteiger partial charge is 0.220 e. The van der Waals surface area contributed by atoms with Gasteiger partial charge in [0.15, 0.2) is 0 Å². The molecule has 0 aliphatic rings. The molecule has 0 aliphatic heterocycles. The van der Waals surface area contributed by atoms with Crippen molar-refractivity contribution in [2.45, 2.75) is 45.4 Å². The van der Waals surface area contributed by atoms with Gasteiger partial charge in [0.25, 0.3) is 0 Å². The van der Waals surface area contributed by atoms with Gasteiger partial charge >= 0.3 is 0 Å². The number of hydrogen-bond acceptors (Lipinski definition) is 3. The second-order valence-corrected chi connectivity index (χ2v) is 7.37. The first-order valence-electron chi connectivity index (χ1n) is 8.76. The highest BCUT2D eigenvalue weighted by Crippen LogP contribution is 2.25. The number of pyridine rings is 1. The highest BCUT2D eigenvalue weighted by atomic mass is 16.5. The molecule has 2 rings (SSSR count). The van der Waals surface area contributed by atoms with Gasteiger partial charge in [0.2, 0.25) is 5.91 Å². The van der Waals surface area contributed by atoms with E-state index in [1.807, 2.05) is 37.4 Å². The van der Waals surface area contributed by atoms with Gasteiger partial charge in [0, 0.05) is 18.8 Å². The Morgan fingerprint density at radius 1 is 1.24 bits per heavy atom. The van der Waals surface area contributed by atoms with Crippen LogP contribution in [0.5, 0.6) is 5.75 Å². The highest BCUT2D eigenvalue weighted by molar-refractivity contribution is 5.76. The van der Waals surface area contributed by atoms with Gasteiger partial charge in [-0.1, -0.05) is 45.9 Å². The van der Waals surface area contributed by atoms with Crippen LogP contribution in [0.3, 0.4) is 0 Å². The zero-order chi connectivity index (χ0) is 18.3. The predicted octanol–water partition coefficient (Wildman–Crippen LogP) is 4.07. The van der Waals surface area contributed by atoms with Crippen molar-refractivity contribution in [2.24, 2.45) is 0 Å². The molecule has 134 valence electrons. The van der Waals surface area contributed by atoms with Crippen molar-refractivity contribution in [3.63, 3.8) is 0 Å². The molecule has 1 aromatic carbocycles. The van der Waals surface area contributed by atoms with Crippen molar-refractivity contribution in [2.75, 3.05) is 13.2 Å². The lowest BCUT2D eigenvalue weighted by Crippen LogP contribution is -2.29. The number of rotatable bonds is 7. The minimum absolute atomic E-state index is 0.0309. The average Bonchev–Trinajstić information content (AvgIpc) is 2.59. The molecule has 1 heterocycles. The number of ether oxygens (including phenoxy) is 1. The van der Waals surface area contributed by atoms with E-state index in [-0.39, 0.29) is 17.2 Å². The van der Waals surface area contributed by atoms with Crippen LogP contribution in [-0.2, 0) is 10.2 Å². The number of aromatic nitrogens is 1. The Morgan fingerprint density at radius 3 is 2.72 bits per heavy atom. The summed E-state index contributed by atoms with van der Waals surface area (Å²) in [7, 11) is 0. The standard InChI is InChI=1S/C21H28N2O2/c1-16(17-7-6-10-22-15-17)13-20(24)23-11-12-25-19-9-5-8-18(14-19)21(2,3)4/h5-10,14-16H,11-13H2,1-4H3,(H,23,24). The van der Waals surface area contributed by atoms with Gasteiger partial charge in [-0.2, -0.15) is 0 Å². The van der Waals surface area contributed by atoms with Gasteiger partial charge in [0.05, 0.1) is 6.54 Å². The fourth-order valence-corrected chi connectivity index (χ4v) is 2.55. The molecule has 1 atom stereocenters. The van der Waals surface area contributed by atoms with Crippen LogP contribution in [-0.4, -0.2) is 24.0 Å². The SMILES string of the molecule is CC(CC(=O)NCCOc1cccc(C(C)(C)C)c1)c1cccnc1. The summed E-state index contributed by atoms with van der Waals surface area (Å²) >= 11 is 0. The first-order valence-corrected chi connectivity index (χ1v) is 8.76. The van der Waals surface area contributed by atoms with E-state index < -0.39 is 0 Å². The van der Waals surface area contributed by atoms with Crippen molar-refractivity contribution in [3.8, 4) is 5.75 Å². The second-order valence-electron chi connectivity index (χ2n) is 7.37. The summed E-state index contributed by atoms with van der Waals surface area (Å²) in [5.41, 5.74) is 2.41. The first-order chi connectivity index (χ1) is 11.9. The Hall–Kier alpha value is -2.36. The van der Waals surface area contributed by atoms with Crippen LogP contribution < -0.4 is 10.1 Å². The van der Waals surface area contributed by atoms with E-state index in [1.165, 1.54) is 5.56 Å². The van der Waals surface area contributed by atoms with Crippen molar-refractivity contribution >= 4 is 5.91 Å². The molecule has 4 nitrogen and oxygen atoms in total. The Kier molecular flexibility index (Phi) is 6.57. The van der Waals surface area contributed by atoms with Gasteiger partial charge in [-0.05, 0) is 40.7 Å². The molecule has 0 saturated heterocycles.